The normalized spacial score (nSPS) is 17.4. The van der Waals surface area contributed by atoms with E-state index in [0.717, 1.165) is 24.5 Å². The Morgan fingerprint density at radius 2 is 2.17 bits per heavy atom. The summed E-state index contributed by atoms with van der Waals surface area (Å²) < 4.78 is 1.22. The van der Waals surface area contributed by atoms with Gasteiger partial charge in [0.15, 0.2) is 0 Å². The first-order valence-electron chi connectivity index (χ1n) is 5.88. The van der Waals surface area contributed by atoms with Crippen LogP contribution in [0, 0.1) is 0 Å². The molecule has 18 heavy (non-hydrogen) atoms. The molecular formula is C14H13BrClNS. The lowest BCUT2D eigenvalue weighted by Gasteiger charge is -2.43. The second-order valence-corrected chi connectivity index (χ2v) is 7.05. The van der Waals surface area contributed by atoms with Gasteiger partial charge in [-0.1, -0.05) is 23.7 Å². The van der Waals surface area contributed by atoms with Gasteiger partial charge in [0, 0.05) is 32.9 Å². The van der Waals surface area contributed by atoms with Crippen molar-refractivity contribution in [2.24, 2.45) is 0 Å². The third-order valence-corrected chi connectivity index (χ3v) is 5.72. The van der Waals surface area contributed by atoms with Gasteiger partial charge in [0.2, 0.25) is 0 Å². The van der Waals surface area contributed by atoms with Crippen LogP contribution in [0.2, 0.25) is 5.02 Å². The first-order valence-corrected chi connectivity index (χ1v) is 7.93. The van der Waals surface area contributed by atoms with Gasteiger partial charge in [-0.3, -0.25) is 0 Å². The average Bonchev–Trinajstić information content (AvgIpc) is 2.69. The smallest absolute Gasteiger partial charge is 0.0408 e. The van der Waals surface area contributed by atoms with Crippen molar-refractivity contribution in [1.29, 1.82) is 0 Å². The van der Waals surface area contributed by atoms with Crippen LogP contribution in [0.5, 0.6) is 0 Å². The van der Waals surface area contributed by atoms with Gasteiger partial charge in [-0.15, -0.1) is 11.3 Å². The largest absolute Gasteiger partial charge is 0.315 e. The van der Waals surface area contributed by atoms with E-state index in [4.69, 9.17) is 11.6 Å². The molecule has 1 saturated heterocycles. The predicted octanol–water partition coefficient (Wildman–Crippen LogP) is 4.25. The van der Waals surface area contributed by atoms with Gasteiger partial charge in [-0.2, -0.15) is 0 Å². The molecule has 0 atom stereocenters. The van der Waals surface area contributed by atoms with Crippen molar-refractivity contribution in [2.45, 2.75) is 11.8 Å². The number of rotatable bonds is 3. The predicted molar refractivity (Wildman–Crippen MR) is 81.7 cm³/mol. The Bertz CT molecular complexity index is 562. The van der Waals surface area contributed by atoms with Crippen molar-refractivity contribution in [1.82, 2.24) is 5.32 Å². The summed E-state index contributed by atoms with van der Waals surface area (Å²) in [4.78, 5) is 1.41. The third-order valence-electron chi connectivity index (χ3n) is 3.55. The zero-order valence-electron chi connectivity index (χ0n) is 9.75. The van der Waals surface area contributed by atoms with Crippen molar-refractivity contribution in [2.75, 3.05) is 13.1 Å². The molecule has 4 heteroatoms. The molecule has 0 radical (unpaired) electrons. The SMILES string of the molecule is Clc1cccc(C2(Cc3sccc3Br)CNC2)c1. The molecule has 0 unspecified atom stereocenters. The van der Waals surface area contributed by atoms with E-state index >= 15 is 0 Å². The molecule has 3 rings (SSSR count). The van der Waals surface area contributed by atoms with E-state index in [1.807, 2.05) is 23.5 Å². The zero-order chi connectivity index (χ0) is 12.6. The van der Waals surface area contributed by atoms with E-state index in [-0.39, 0.29) is 5.41 Å². The van der Waals surface area contributed by atoms with Crippen molar-refractivity contribution in [3.05, 3.63) is 55.6 Å². The molecule has 0 spiro atoms. The van der Waals surface area contributed by atoms with Crippen LogP contribution in [0.3, 0.4) is 0 Å². The number of hydrogen-bond donors (Lipinski definition) is 1. The van der Waals surface area contributed by atoms with Crippen LogP contribution in [0.25, 0.3) is 0 Å². The maximum atomic E-state index is 6.12. The summed E-state index contributed by atoms with van der Waals surface area (Å²) in [6, 6.07) is 10.4. The fourth-order valence-corrected chi connectivity index (χ4v) is 4.26. The van der Waals surface area contributed by atoms with Crippen LogP contribution in [0.15, 0.2) is 40.2 Å². The maximum Gasteiger partial charge on any atom is 0.0408 e. The van der Waals surface area contributed by atoms with E-state index in [2.05, 4.69) is 44.8 Å². The molecule has 1 aromatic carbocycles. The topological polar surface area (TPSA) is 12.0 Å². The molecule has 1 aromatic heterocycles. The summed E-state index contributed by atoms with van der Waals surface area (Å²) in [6.45, 7) is 2.05. The lowest BCUT2D eigenvalue weighted by atomic mass is 9.72. The van der Waals surface area contributed by atoms with Gasteiger partial charge in [-0.25, -0.2) is 0 Å². The summed E-state index contributed by atoms with van der Waals surface area (Å²) >= 11 is 11.6. The molecule has 94 valence electrons. The van der Waals surface area contributed by atoms with Gasteiger partial charge >= 0.3 is 0 Å². The lowest BCUT2D eigenvalue weighted by Crippen LogP contribution is -2.58. The van der Waals surface area contributed by atoms with Gasteiger partial charge in [-0.05, 0) is 51.5 Å². The van der Waals surface area contributed by atoms with Crippen LogP contribution in [0.1, 0.15) is 10.4 Å². The number of benzene rings is 1. The minimum atomic E-state index is 0.207. The number of hydrogen-bond acceptors (Lipinski definition) is 2. The first kappa shape index (κ1) is 12.7. The maximum absolute atomic E-state index is 6.12. The Morgan fingerprint density at radius 1 is 1.33 bits per heavy atom. The minimum Gasteiger partial charge on any atom is -0.315 e. The molecular weight excluding hydrogens is 330 g/mol. The molecule has 0 amide bonds. The molecule has 0 bridgehead atoms. The van der Waals surface area contributed by atoms with Crippen molar-refractivity contribution in [3.63, 3.8) is 0 Å². The van der Waals surface area contributed by atoms with E-state index in [0.29, 0.717) is 0 Å². The first-order chi connectivity index (χ1) is 8.70. The highest BCUT2D eigenvalue weighted by Crippen LogP contribution is 2.37. The number of thiophene rings is 1. The summed E-state index contributed by atoms with van der Waals surface area (Å²) in [5.41, 5.74) is 1.55. The Balaban J connectivity index is 1.93. The lowest BCUT2D eigenvalue weighted by molar-refractivity contribution is 0.276. The van der Waals surface area contributed by atoms with E-state index in [1.54, 1.807) is 0 Å². The molecule has 1 aliphatic rings. The average molecular weight is 343 g/mol. The molecule has 2 heterocycles. The van der Waals surface area contributed by atoms with Crippen LogP contribution < -0.4 is 5.32 Å². The van der Waals surface area contributed by atoms with Gasteiger partial charge < -0.3 is 5.32 Å². The summed E-state index contributed by atoms with van der Waals surface area (Å²) in [7, 11) is 0. The molecule has 0 aliphatic carbocycles. The summed E-state index contributed by atoms with van der Waals surface area (Å²) in [5.74, 6) is 0. The number of nitrogens with one attached hydrogen (secondary N) is 1. The Hall–Kier alpha value is -0.350. The molecule has 0 saturated carbocycles. The fourth-order valence-electron chi connectivity index (χ4n) is 2.43. The van der Waals surface area contributed by atoms with Crippen LogP contribution in [-0.2, 0) is 11.8 Å². The van der Waals surface area contributed by atoms with Crippen LogP contribution >= 0.6 is 38.9 Å². The second kappa shape index (κ2) is 4.97. The fraction of sp³-hybridized carbons (Fsp3) is 0.286. The molecule has 1 fully saturated rings. The standard InChI is InChI=1S/C14H13BrClNS/c15-12-4-5-18-13(12)7-14(8-17-9-14)10-2-1-3-11(16)6-10/h1-6,17H,7-9H2. The molecule has 1 N–H and O–H groups in total. The summed E-state index contributed by atoms with van der Waals surface area (Å²) in [6.07, 6.45) is 1.07. The second-order valence-electron chi connectivity index (χ2n) is 4.76. The highest BCUT2D eigenvalue weighted by atomic mass is 79.9. The minimum absolute atomic E-state index is 0.207. The Kier molecular flexibility index (Phi) is 3.50. The van der Waals surface area contributed by atoms with Gasteiger partial charge in [0.25, 0.3) is 0 Å². The Morgan fingerprint density at radius 3 is 2.72 bits per heavy atom. The van der Waals surface area contributed by atoms with Crippen molar-refractivity contribution < 1.29 is 0 Å². The van der Waals surface area contributed by atoms with Gasteiger partial charge in [0.05, 0.1) is 0 Å². The third kappa shape index (κ3) is 2.25. The Labute approximate surface area is 124 Å². The van der Waals surface area contributed by atoms with Crippen LogP contribution in [-0.4, -0.2) is 13.1 Å². The van der Waals surface area contributed by atoms with Crippen molar-refractivity contribution >= 4 is 38.9 Å². The summed E-state index contributed by atoms with van der Waals surface area (Å²) in [5, 5.41) is 6.36. The van der Waals surface area contributed by atoms with E-state index < -0.39 is 0 Å². The highest BCUT2D eigenvalue weighted by molar-refractivity contribution is 9.10. The highest BCUT2D eigenvalue weighted by Gasteiger charge is 2.39. The molecule has 2 aromatic rings. The van der Waals surface area contributed by atoms with Crippen molar-refractivity contribution in [3.8, 4) is 0 Å². The van der Waals surface area contributed by atoms with E-state index in [9.17, 15) is 0 Å². The molecule has 1 nitrogen and oxygen atoms in total. The molecule has 1 aliphatic heterocycles. The zero-order valence-corrected chi connectivity index (χ0v) is 12.9. The van der Waals surface area contributed by atoms with Gasteiger partial charge in [0.1, 0.15) is 0 Å². The number of halogens is 2. The van der Waals surface area contributed by atoms with Crippen LogP contribution in [0.4, 0.5) is 0 Å². The van der Waals surface area contributed by atoms with E-state index in [1.165, 1.54) is 14.9 Å². The quantitative estimate of drug-likeness (QED) is 0.879. The monoisotopic (exact) mass is 341 g/mol.